The van der Waals surface area contributed by atoms with Gasteiger partial charge in [0.05, 0.1) is 102 Å². The molecule has 0 bridgehead atoms. The van der Waals surface area contributed by atoms with E-state index in [2.05, 4.69) is 4.98 Å². The van der Waals surface area contributed by atoms with Crippen LogP contribution in [0.25, 0.3) is 22.1 Å². The van der Waals surface area contributed by atoms with Gasteiger partial charge >= 0.3 is 12.1 Å². The van der Waals surface area contributed by atoms with Crippen LogP contribution in [0, 0.1) is 11.8 Å². The van der Waals surface area contributed by atoms with Gasteiger partial charge in [0, 0.05) is 71.4 Å². The minimum absolute atomic E-state index is 0.00759. The number of methoxy groups -OCH3 is 1. The molecular formula is C60H67Cl4F4N7O10S2. The van der Waals surface area contributed by atoms with E-state index in [1.165, 1.54) is 29.9 Å². The number of amides is 1. The quantitative estimate of drug-likeness (QED) is 0.0708. The second kappa shape index (κ2) is 25.5. The molecule has 17 nitrogen and oxygen atoms in total. The number of piperidine rings is 2. The number of hydrogen-bond donors (Lipinski definition) is 1. The average Bonchev–Trinajstić information content (AvgIpc) is 1.85. The first-order chi connectivity index (χ1) is 41.0. The number of ether oxygens (including phenoxy) is 3. The molecular weight excluding hydrogens is 1260 g/mol. The van der Waals surface area contributed by atoms with Gasteiger partial charge in [0.2, 0.25) is 5.91 Å². The maximum absolute atomic E-state index is 14.0. The average molecular weight is 1330 g/mol. The maximum atomic E-state index is 14.0. The van der Waals surface area contributed by atoms with Gasteiger partial charge in [0.1, 0.15) is 28.3 Å². The second-order valence-electron chi connectivity index (χ2n) is 24.1. The Morgan fingerprint density at radius 3 is 1.66 bits per heavy atom. The molecule has 87 heavy (non-hydrogen) atoms. The van der Waals surface area contributed by atoms with Crippen molar-refractivity contribution in [3.8, 4) is 0 Å². The maximum Gasteiger partial charge on any atom is 0.420 e. The van der Waals surface area contributed by atoms with E-state index in [0.717, 1.165) is 31.2 Å². The molecule has 2 aromatic heterocycles. The zero-order valence-electron chi connectivity index (χ0n) is 48.3. The fraction of sp³-hybridized carbons (Fsp3) is 0.517. The molecule has 5 heterocycles. The molecule has 4 aromatic carbocycles. The van der Waals surface area contributed by atoms with Crippen LogP contribution in [0.15, 0.2) is 70.5 Å². The second-order valence-corrected chi connectivity index (χ2v) is 29.7. The van der Waals surface area contributed by atoms with Crippen LogP contribution >= 0.6 is 46.4 Å². The van der Waals surface area contributed by atoms with Gasteiger partial charge < -0.3 is 33.9 Å². The number of morpholine rings is 1. The van der Waals surface area contributed by atoms with Crippen molar-refractivity contribution in [3.05, 3.63) is 104 Å². The van der Waals surface area contributed by atoms with E-state index in [9.17, 15) is 48.8 Å². The molecule has 470 valence electrons. The number of carbonyl (C=O) groups is 3. The van der Waals surface area contributed by atoms with E-state index >= 15 is 0 Å². The predicted molar refractivity (Wildman–Crippen MR) is 325 cm³/mol. The molecule has 1 amide bonds. The molecule has 11 rings (SSSR count). The van der Waals surface area contributed by atoms with E-state index in [1.807, 2.05) is 0 Å². The third kappa shape index (κ3) is 15.1. The van der Waals surface area contributed by atoms with Crippen LogP contribution in [-0.2, 0) is 43.5 Å². The number of rotatable bonds is 16. The lowest BCUT2D eigenvalue weighted by atomic mass is 9.94. The van der Waals surface area contributed by atoms with Gasteiger partial charge in [-0.1, -0.05) is 70.7 Å². The first-order valence-corrected chi connectivity index (χ1v) is 33.7. The van der Waals surface area contributed by atoms with Crippen LogP contribution in [0.4, 0.5) is 33.7 Å². The Kier molecular flexibility index (Phi) is 18.9. The number of aromatic nitrogens is 4. The summed E-state index contributed by atoms with van der Waals surface area (Å²) in [6.45, 7) is 7.19. The first-order valence-electron chi connectivity index (χ1n) is 28.8. The molecule has 0 spiro atoms. The summed E-state index contributed by atoms with van der Waals surface area (Å²) in [5.74, 6) is -6.46. The van der Waals surface area contributed by atoms with E-state index < -0.39 is 61.0 Å². The summed E-state index contributed by atoms with van der Waals surface area (Å²) >= 11 is 27.0. The molecule has 2 unspecified atom stereocenters. The molecule has 27 heteroatoms. The third-order valence-corrected chi connectivity index (χ3v) is 21.4. The summed E-state index contributed by atoms with van der Waals surface area (Å²) in [6.07, 6.45) is 1.30. The van der Waals surface area contributed by atoms with Crippen molar-refractivity contribution < 1.29 is 63.0 Å². The van der Waals surface area contributed by atoms with Gasteiger partial charge in [0.25, 0.3) is 11.8 Å². The largest absolute Gasteiger partial charge is 0.469 e. The first kappa shape index (κ1) is 64.6. The van der Waals surface area contributed by atoms with Crippen molar-refractivity contribution in [1.29, 1.82) is 0 Å². The Bertz CT molecular complexity index is 3800. The molecule has 6 aromatic rings. The summed E-state index contributed by atoms with van der Waals surface area (Å²) in [4.78, 5) is 58.3. The Hall–Kier alpha value is -5.43. The number of halogens is 8. The van der Waals surface area contributed by atoms with Crippen molar-refractivity contribution in [1.82, 2.24) is 24.4 Å². The minimum Gasteiger partial charge on any atom is -0.469 e. The van der Waals surface area contributed by atoms with Gasteiger partial charge in [-0.3, -0.25) is 9.59 Å². The highest BCUT2D eigenvalue weighted by molar-refractivity contribution is 7.91. The number of alkyl halides is 4. The summed E-state index contributed by atoms with van der Waals surface area (Å²) in [7, 11) is -5.66. The number of aromatic amines is 1. The Labute approximate surface area is 522 Å². The minimum atomic E-state index is -3.50. The molecule has 1 N–H and O–H groups in total. The number of hydrogen-bond acceptors (Lipinski definition) is 14. The lowest BCUT2D eigenvalue weighted by Gasteiger charge is -2.34. The number of anilines is 2. The fourth-order valence-corrected chi connectivity index (χ4v) is 16.0. The summed E-state index contributed by atoms with van der Waals surface area (Å²) in [5, 5.41) is 0.752. The number of imidazole rings is 2. The Morgan fingerprint density at radius 1 is 0.690 bits per heavy atom. The van der Waals surface area contributed by atoms with Crippen LogP contribution < -0.4 is 9.80 Å². The molecule has 3 aliphatic heterocycles. The van der Waals surface area contributed by atoms with Crippen molar-refractivity contribution in [2.45, 2.75) is 124 Å². The zero-order valence-corrected chi connectivity index (χ0v) is 53.0. The monoisotopic (exact) mass is 1330 g/mol. The summed E-state index contributed by atoms with van der Waals surface area (Å²) in [6, 6.07) is 16.0. The molecule has 5 aliphatic rings. The van der Waals surface area contributed by atoms with Crippen LogP contribution in [0.2, 0.25) is 20.1 Å². The molecule has 2 aliphatic carbocycles. The number of nitrogens with zero attached hydrogens (tertiary/aromatic N) is 6. The predicted octanol–water partition coefficient (Wildman–Crippen LogP) is 12.9. The lowest BCUT2D eigenvalue weighted by molar-refractivity contribution is -0.141. The van der Waals surface area contributed by atoms with Crippen molar-refractivity contribution >= 4 is 117 Å². The van der Waals surface area contributed by atoms with Gasteiger partial charge in [-0.2, -0.15) is 0 Å². The summed E-state index contributed by atoms with van der Waals surface area (Å²) in [5.41, 5.74) is 2.37. The number of fused-ring (bicyclic) bond motifs is 2. The molecule has 3 saturated heterocycles. The van der Waals surface area contributed by atoms with Gasteiger partial charge in [-0.15, -0.1) is 0 Å². The normalized spacial score (nSPS) is 18.9. The van der Waals surface area contributed by atoms with E-state index in [0.29, 0.717) is 59.4 Å². The number of esters is 1. The fourth-order valence-electron chi connectivity index (χ4n) is 11.1. The molecule has 5 fully saturated rings. The van der Waals surface area contributed by atoms with E-state index in [4.69, 9.17) is 70.6 Å². The van der Waals surface area contributed by atoms with Crippen LogP contribution in [0.5, 0.6) is 0 Å². The highest BCUT2D eigenvalue weighted by Crippen LogP contribution is 2.46. The van der Waals surface area contributed by atoms with Crippen LogP contribution in [0.3, 0.4) is 0 Å². The van der Waals surface area contributed by atoms with E-state index in [1.54, 1.807) is 77.9 Å². The van der Waals surface area contributed by atoms with Gasteiger partial charge in [0.15, 0.2) is 19.7 Å². The number of H-pyrrole nitrogens is 1. The Morgan fingerprint density at radius 2 is 1.17 bits per heavy atom. The van der Waals surface area contributed by atoms with Crippen molar-refractivity contribution in [2.24, 2.45) is 11.8 Å². The van der Waals surface area contributed by atoms with Crippen LogP contribution in [0.1, 0.15) is 120 Å². The highest BCUT2D eigenvalue weighted by Gasteiger charge is 2.40. The van der Waals surface area contributed by atoms with Crippen LogP contribution in [-0.4, -0.2) is 148 Å². The smallest absolute Gasteiger partial charge is 0.420 e. The van der Waals surface area contributed by atoms with E-state index in [-0.39, 0.29) is 141 Å². The zero-order chi connectivity index (χ0) is 62.5. The van der Waals surface area contributed by atoms with Gasteiger partial charge in [-0.25, -0.2) is 53.7 Å². The van der Waals surface area contributed by atoms with Crippen molar-refractivity contribution in [2.75, 3.05) is 80.9 Å². The Balaban J connectivity index is 0.000000193. The third-order valence-electron chi connectivity index (χ3n) is 16.3. The SMILES string of the molecule is COC(=O)CC(c1ccc(S(=O)(=O)CC2CC2)cc1)c1nc2cc(Cl)c(N3CCC(F)(F)CC3)c(Cl)c2n1C(=O)OC(C)(C)C.O=C(CC(c1ccc(S(=O)(=O)CC2CC2)cc1)c1nc2c(Cl)c(N3CCC(F)(F)CC3)c(Cl)cc2[nH]1)N1CCOCC1. The number of sulfone groups is 2. The molecule has 2 saturated carbocycles. The number of carbonyl (C=O) groups excluding carboxylic acids is 3. The lowest BCUT2D eigenvalue weighted by Crippen LogP contribution is -2.41. The molecule has 0 radical (unpaired) electrons. The summed E-state index contributed by atoms with van der Waals surface area (Å²) < 4.78 is 124. The number of nitrogens with one attached hydrogen (secondary N) is 1. The van der Waals surface area contributed by atoms with Crippen molar-refractivity contribution in [3.63, 3.8) is 0 Å². The number of benzene rings is 4. The molecule has 2 atom stereocenters. The van der Waals surface area contributed by atoms with Gasteiger partial charge in [-0.05, 0) is 106 Å². The highest BCUT2D eigenvalue weighted by atomic mass is 35.5. The standard InChI is InChI=1S/C31H35Cl2F2N3O6S.C29H32Cl2F2N4O4S/c1-30(2,3)44-29(40)38-27-23(16-22(32)26(25(27)33)37-13-11-31(34,35)12-14-37)36-28(38)21(15-24(39)43-4)19-7-9-20(10-8-19)45(41,42)17-18-5-6-18;30-22-16-23-26(25(31)27(22)37-9-7-29(32,33)8-10-37)35-28(34-23)21(15-24(38)36-11-13-41-14-12-36)19-3-5-20(6-4-19)42(39,40)17-18-1-2-18/h7-10,16,18,21H,5-6,11-15,17H2,1-4H3;3-6,16,18,21H,1-2,7-15,17H2,(H,34,35). The topological polar surface area (TPSA) is 203 Å².